The third kappa shape index (κ3) is 6.87. The number of esters is 1. The summed E-state index contributed by atoms with van der Waals surface area (Å²) < 4.78 is 4.42. The number of ether oxygens (including phenoxy) is 1. The first-order chi connectivity index (χ1) is 5.16. The molecule has 60 valence electrons. The van der Waals surface area contributed by atoms with Gasteiger partial charge in [-0.25, -0.2) is 0 Å². The van der Waals surface area contributed by atoms with E-state index in [4.69, 9.17) is 11.6 Å². The van der Waals surface area contributed by atoms with Crippen LogP contribution in [0.25, 0.3) is 0 Å². The second kappa shape index (κ2) is 5.74. The van der Waals surface area contributed by atoms with Crippen molar-refractivity contribution >= 4 is 17.6 Å². The highest BCUT2D eigenvalue weighted by atomic mass is 35.5. The van der Waals surface area contributed by atoms with E-state index < -0.39 is 0 Å². The van der Waals surface area contributed by atoms with Crippen LogP contribution >= 0.6 is 11.6 Å². The third-order valence-corrected chi connectivity index (χ3v) is 0.924. The highest BCUT2D eigenvalue weighted by Crippen LogP contribution is 1.99. The zero-order valence-corrected chi connectivity index (χ0v) is 6.80. The van der Waals surface area contributed by atoms with Crippen molar-refractivity contribution in [1.29, 1.82) is 0 Å². The third-order valence-electron chi connectivity index (χ3n) is 0.798. The molecule has 0 unspecified atom stereocenters. The van der Waals surface area contributed by atoms with Crippen molar-refractivity contribution in [3.63, 3.8) is 0 Å². The molecule has 3 heteroatoms. The normalized spacial score (nSPS) is 9.55. The van der Waals surface area contributed by atoms with Crippen LogP contribution < -0.4 is 0 Å². The van der Waals surface area contributed by atoms with Crippen molar-refractivity contribution in [2.24, 2.45) is 0 Å². The van der Waals surface area contributed by atoms with Crippen molar-refractivity contribution in [2.45, 2.75) is 6.42 Å². The van der Waals surface area contributed by atoms with Gasteiger partial charge in [0.05, 0.1) is 12.7 Å². The predicted molar refractivity (Wildman–Crippen MR) is 45.0 cm³/mol. The molecule has 0 aromatic carbocycles. The molecule has 0 atom stereocenters. The summed E-state index contributed by atoms with van der Waals surface area (Å²) >= 11 is 5.38. The fourth-order valence-electron chi connectivity index (χ4n) is 0.424. The topological polar surface area (TPSA) is 26.3 Å². The maximum Gasteiger partial charge on any atom is 0.314 e. The van der Waals surface area contributed by atoms with E-state index in [1.54, 1.807) is 6.08 Å². The van der Waals surface area contributed by atoms with E-state index in [0.29, 0.717) is 5.03 Å². The van der Waals surface area contributed by atoms with Crippen LogP contribution in [0.1, 0.15) is 6.42 Å². The summed E-state index contributed by atoms with van der Waals surface area (Å²) in [6.45, 7) is 6.64. The van der Waals surface area contributed by atoms with Crippen LogP contribution in [-0.2, 0) is 9.53 Å². The van der Waals surface area contributed by atoms with Gasteiger partial charge in [-0.05, 0) is 6.08 Å². The second-order valence-electron chi connectivity index (χ2n) is 1.71. The number of hydrogen-bond donors (Lipinski definition) is 0. The minimum absolute atomic E-state index is 0.178. The van der Waals surface area contributed by atoms with Crippen LogP contribution in [0.2, 0.25) is 0 Å². The van der Waals surface area contributed by atoms with Crippen molar-refractivity contribution in [2.75, 3.05) is 0 Å². The van der Waals surface area contributed by atoms with E-state index in [1.807, 2.05) is 0 Å². The van der Waals surface area contributed by atoms with Crippen LogP contribution in [0.5, 0.6) is 0 Å². The van der Waals surface area contributed by atoms with Gasteiger partial charge in [-0.1, -0.05) is 30.8 Å². The maximum atomic E-state index is 10.6. The van der Waals surface area contributed by atoms with Gasteiger partial charge in [0.2, 0.25) is 0 Å². The Kier molecular flexibility index (Phi) is 5.21. The van der Waals surface area contributed by atoms with E-state index in [9.17, 15) is 4.79 Å². The molecule has 0 aliphatic carbocycles. The zero-order valence-electron chi connectivity index (χ0n) is 6.05. The molecular weight excluding hydrogens is 164 g/mol. The van der Waals surface area contributed by atoms with Gasteiger partial charge < -0.3 is 4.74 Å². The molecule has 0 amide bonds. The van der Waals surface area contributed by atoms with Crippen molar-refractivity contribution in [3.8, 4) is 0 Å². The first-order valence-electron chi connectivity index (χ1n) is 2.98. The van der Waals surface area contributed by atoms with E-state index >= 15 is 0 Å². The lowest BCUT2D eigenvalue weighted by molar-refractivity contribution is -0.136. The minimum atomic E-state index is -0.367. The standard InChI is InChI=1S/C8H9ClO2/c1-3-11-8(10)6-4-5-7(2)9/h3-5H,1-2,6H2. The summed E-state index contributed by atoms with van der Waals surface area (Å²) in [6.07, 6.45) is 4.37. The molecule has 0 fully saturated rings. The van der Waals surface area contributed by atoms with Gasteiger partial charge in [-0.15, -0.1) is 0 Å². The van der Waals surface area contributed by atoms with Gasteiger partial charge in [-0.3, -0.25) is 4.79 Å². The van der Waals surface area contributed by atoms with Crippen LogP contribution in [-0.4, -0.2) is 5.97 Å². The Morgan fingerprint density at radius 3 is 2.73 bits per heavy atom. The Hall–Kier alpha value is -1.02. The summed E-state index contributed by atoms with van der Waals surface area (Å²) in [4.78, 5) is 10.6. The molecule has 0 heterocycles. The van der Waals surface area contributed by atoms with Crippen LogP contribution in [0.4, 0.5) is 0 Å². The number of rotatable bonds is 4. The Labute approximate surface area is 70.8 Å². The highest BCUT2D eigenvalue weighted by Gasteiger charge is 1.94. The first-order valence-corrected chi connectivity index (χ1v) is 3.36. The summed E-state index contributed by atoms with van der Waals surface area (Å²) in [6, 6.07) is 0. The van der Waals surface area contributed by atoms with Crippen molar-refractivity contribution in [1.82, 2.24) is 0 Å². The quantitative estimate of drug-likeness (QED) is 0.370. The molecular formula is C8H9ClO2. The molecule has 0 rings (SSSR count). The lowest BCUT2D eigenvalue weighted by atomic mass is 10.4. The lowest BCUT2D eigenvalue weighted by Crippen LogP contribution is -1.95. The summed E-state index contributed by atoms with van der Waals surface area (Å²) in [5.41, 5.74) is 0. The van der Waals surface area contributed by atoms with Crippen LogP contribution in [0, 0.1) is 0 Å². The Morgan fingerprint density at radius 1 is 1.64 bits per heavy atom. The molecule has 11 heavy (non-hydrogen) atoms. The van der Waals surface area contributed by atoms with E-state index in [1.165, 1.54) is 6.08 Å². The Morgan fingerprint density at radius 2 is 2.27 bits per heavy atom. The van der Waals surface area contributed by atoms with Gasteiger partial charge in [0, 0.05) is 5.03 Å². The smallest absolute Gasteiger partial charge is 0.314 e. The predicted octanol–water partition coefficient (Wildman–Crippen LogP) is 2.37. The van der Waals surface area contributed by atoms with Gasteiger partial charge in [0.15, 0.2) is 0 Å². The Balaban J connectivity index is 3.61. The summed E-state index contributed by atoms with van der Waals surface area (Å²) in [5, 5.41) is 0.386. The van der Waals surface area contributed by atoms with Gasteiger partial charge in [0.1, 0.15) is 0 Å². The highest BCUT2D eigenvalue weighted by molar-refractivity contribution is 6.30. The average Bonchev–Trinajstić information content (AvgIpc) is 1.87. The van der Waals surface area contributed by atoms with Gasteiger partial charge in [0.25, 0.3) is 0 Å². The van der Waals surface area contributed by atoms with Gasteiger partial charge >= 0.3 is 5.97 Å². The molecule has 0 aromatic rings. The number of hydrogen-bond acceptors (Lipinski definition) is 2. The second-order valence-corrected chi connectivity index (χ2v) is 2.20. The van der Waals surface area contributed by atoms with E-state index in [0.717, 1.165) is 6.26 Å². The first kappa shape index (κ1) is 9.98. The SMILES string of the molecule is C=COC(=O)CC=CC(=C)Cl. The summed E-state index contributed by atoms with van der Waals surface area (Å²) in [7, 11) is 0. The van der Waals surface area contributed by atoms with Gasteiger partial charge in [-0.2, -0.15) is 0 Å². The summed E-state index contributed by atoms with van der Waals surface area (Å²) in [5.74, 6) is -0.367. The molecule has 0 aliphatic heterocycles. The fourth-order valence-corrected chi connectivity index (χ4v) is 0.513. The largest absolute Gasteiger partial charge is 0.435 e. The molecule has 0 radical (unpaired) electrons. The number of carbonyl (C=O) groups excluding carboxylic acids is 1. The molecule has 0 saturated heterocycles. The molecule has 0 saturated carbocycles. The Bertz CT molecular complexity index is 194. The van der Waals surface area contributed by atoms with E-state index in [2.05, 4.69) is 17.9 Å². The van der Waals surface area contributed by atoms with Crippen molar-refractivity contribution < 1.29 is 9.53 Å². The molecule has 2 nitrogen and oxygen atoms in total. The number of allylic oxidation sites excluding steroid dienone is 2. The maximum absolute atomic E-state index is 10.6. The zero-order chi connectivity index (χ0) is 8.69. The number of carbonyl (C=O) groups is 1. The van der Waals surface area contributed by atoms with Crippen LogP contribution in [0.15, 0.2) is 36.6 Å². The molecule has 0 bridgehead atoms. The van der Waals surface area contributed by atoms with E-state index in [-0.39, 0.29) is 12.4 Å². The molecule has 0 aliphatic rings. The average molecular weight is 173 g/mol. The van der Waals surface area contributed by atoms with Crippen LogP contribution in [0.3, 0.4) is 0 Å². The monoisotopic (exact) mass is 172 g/mol. The van der Waals surface area contributed by atoms with Crippen molar-refractivity contribution in [3.05, 3.63) is 36.6 Å². The fraction of sp³-hybridized carbons (Fsp3) is 0.125. The molecule has 0 spiro atoms. The molecule has 0 N–H and O–H groups in total. The minimum Gasteiger partial charge on any atom is -0.435 e. The lowest BCUT2D eigenvalue weighted by Gasteiger charge is -1.91. The molecule has 0 aromatic heterocycles. The number of halogens is 1.